The Hall–Kier alpha value is -4.71. The van der Waals surface area contributed by atoms with Crippen molar-refractivity contribution in [3.8, 4) is 39.3 Å². The topological polar surface area (TPSA) is 83.3 Å². The summed E-state index contributed by atoms with van der Waals surface area (Å²) < 4.78 is 1.44. The molecule has 6 rings (SSSR count). The molecule has 164 valence electrons. The number of fused-ring (bicyclic) bond motifs is 2. The zero-order valence-corrected chi connectivity index (χ0v) is 18.4. The highest BCUT2D eigenvalue weighted by molar-refractivity contribution is 5.91. The van der Waals surface area contributed by atoms with Crippen molar-refractivity contribution in [3.63, 3.8) is 0 Å². The van der Waals surface area contributed by atoms with Gasteiger partial charge in [-0.2, -0.15) is 9.61 Å². The van der Waals surface area contributed by atoms with Gasteiger partial charge in [0.1, 0.15) is 17.1 Å². The van der Waals surface area contributed by atoms with Gasteiger partial charge in [-0.25, -0.2) is 0 Å². The minimum Gasteiger partial charge on any atom is -0.508 e. The first-order valence-corrected chi connectivity index (χ1v) is 11.0. The van der Waals surface area contributed by atoms with Crippen LogP contribution in [0.3, 0.4) is 0 Å². The molecule has 3 aromatic heterocycles. The fraction of sp³-hybridized carbons (Fsp3) is 0.0357. The number of rotatable bonds is 3. The Labute approximate surface area is 194 Å². The Morgan fingerprint density at radius 2 is 1.59 bits per heavy atom. The SMILES string of the molecule is Cc1[nH]c2c(-c3ccccc3)c(-c3ccc(O)cc3)nn2c(=O)c1-c1ccc2ncccc2c1. The van der Waals surface area contributed by atoms with Gasteiger partial charge < -0.3 is 10.1 Å². The molecule has 0 saturated carbocycles. The molecular formula is C28H20N4O2. The average molecular weight is 444 g/mol. The molecule has 0 unspecified atom stereocenters. The van der Waals surface area contributed by atoms with Gasteiger partial charge in [0.2, 0.25) is 0 Å². The van der Waals surface area contributed by atoms with Gasteiger partial charge in [-0.1, -0.05) is 42.5 Å². The van der Waals surface area contributed by atoms with Crippen molar-refractivity contribution in [2.45, 2.75) is 6.92 Å². The predicted octanol–water partition coefficient (Wildman–Crippen LogP) is 5.59. The highest BCUT2D eigenvalue weighted by Crippen LogP contribution is 2.35. The second-order valence-electron chi connectivity index (χ2n) is 8.24. The average Bonchev–Trinajstić information content (AvgIpc) is 3.24. The van der Waals surface area contributed by atoms with Crippen LogP contribution in [0.1, 0.15) is 5.69 Å². The Morgan fingerprint density at radius 3 is 2.38 bits per heavy atom. The van der Waals surface area contributed by atoms with Crippen LogP contribution in [0.4, 0.5) is 0 Å². The predicted molar refractivity (Wildman–Crippen MR) is 134 cm³/mol. The van der Waals surface area contributed by atoms with Gasteiger partial charge >= 0.3 is 0 Å². The third-order valence-corrected chi connectivity index (χ3v) is 6.07. The van der Waals surface area contributed by atoms with Crippen LogP contribution >= 0.6 is 0 Å². The van der Waals surface area contributed by atoms with Crippen LogP contribution in [0.5, 0.6) is 5.75 Å². The number of aryl methyl sites for hydroxylation is 1. The van der Waals surface area contributed by atoms with E-state index in [0.717, 1.165) is 38.9 Å². The maximum Gasteiger partial charge on any atom is 0.282 e. The third-order valence-electron chi connectivity index (χ3n) is 6.07. The molecule has 0 radical (unpaired) electrons. The van der Waals surface area contributed by atoms with Gasteiger partial charge in [0.25, 0.3) is 5.56 Å². The van der Waals surface area contributed by atoms with Gasteiger partial charge in [-0.3, -0.25) is 9.78 Å². The highest BCUT2D eigenvalue weighted by Gasteiger charge is 2.21. The maximum absolute atomic E-state index is 13.8. The number of nitrogens with one attached hydrogen (secondary N) is 1. The number of H-pyrrole nitrogens is 1. The summed E-state index contributed by atoms with van der Waals surface area (Å²) in [5, 5.41) is 15.5. The van der Waals surface area contributed by atoms with E-state index < -0.39 is 0 Å². The second kappa shape index (κ2) is 7.71. The Morgan fingerprint density at radius 1 is 0.824 bits per heavy atom. The van der Waals surface area contributed by atoms with Crippen molar-refractivity contribution in [1.82, 2.24) is 19.6 Å². The lowest BCUT2D eigenvalue weighted by Gasteiger charge is -2.09. The third kappa shape index (κ3) is 3.16. The molecule has 2 N–H and O–H groups in total. The molecule has 34 heavy (non-hydrogen) atoms. The molecule has 0 atom stereocenters. The number of aromatic nitrogens is 4. The summed E-state index contributed by atoms with van der Waals surface area (Å²) in [6.07, 6.45) is 1.76. The maximum atomic E-state index is 13.8. The van der Waals surface area contributed by atoms with E-state index in [0.29, 0.717) is 16.9 Å². The lowest BCUT2D eigenvalue weighted by atomic mass is 10.0. The largest absolute Gasteiger partial charge is 0.508 e. The van der Waals surface area contributed by atoms with E-state index in [9.17, 15) is 9.90 Å². The van der Waals surface area contributed by atoms with Crippen LogP contribution < -0.4 is 5.56 Å². The zero-order valence-electron chi connectivity index (χ0n) is 18.4. The van der Waals surface area contributed by atoms with Gasteiger partial charge in [0.15, 0.2) is 0 Å². The smallest absolute Gasteiger partial charge is 0.282 e. The number of pyridine rings is 1. The van der Waals surface area contributed by atoms with E-state index in [-0.39, 0.29) is 11.3 Å². The van der Waals surface area contributed by atoms with Crippen molar-refractivity contribution < 1.29 is 5.11 Å². The number of phenolic OH excluding ortho intramolecular Hbond substituents is 1. The van der Waals surface area contributed by atoms with E-state index >= 15 is 0 Å². The molecule has 3 heterocycles. The molecule has 6 heteroatoms. The van der Waals surface area contributed by atoms with Crippen molar-refractivity contribution in [2.24, 2.45) is 0 Å². The summed E-state index contributed by atoms with van der Waals surface area (Å²) in [5.74, 6) is 0.175. The Bertz CT molecular complexity index is 1730. The lowest BCUT2D eigenvalue weighted by molar-refractivity contribution is 0.475. The van der Waals surface area contributed by atoms with Crippen molar-refractivity contribution in [2.75, 3.05) is 0 Å². The number of benzene rings is 3. The molecule has 6 aromatic rings. The fourth-order valence-corrected chi connectivity index (χ4v) is 4.46. The number of hydrogen-bond acceptors (Lipinski definition) is 4. The van der Waals surface area contributed by atoms with E-state index in [1.165, 1.54) is 4.52 Å². The number of hydrogen-bond donors (Lipinski definition) is 2. The van der Waals surface area contributed by atoms with E-state index in [1.54, 1.807) is 30.5 Å². The first-order chi connectivity index (χ1) is 16.6. The molecule has 0 spiro atoms. The summed E-state index contributed by atoms with van der Waals surface area (Å²) in [7, 11) is 0. The quantitative estimate of drug-likeness (QED) is 0.373. The summed E-state index contributed by atoms with van der Waals surface area (Å²) in [5.41, 5.74) is 6.70. The summed E-state index contributed by atoms with van der Waals surface area (Å²) >= 11 is 0. The van der Waals surface area contributed by atoms with Crippen LogP contribution in [-0.2, 0) is 0 Å². The summed E-state index contributed by atoms with van der Waals surface area (Å²) in [4.78, 5) is 21.6. The van der Waals surface area contributed by atoms with Gasteiger partial charge in [-0.15, -0.1) is 0 Å². The normalized spacial score (nSPS) is 11.3. The number of aromatic hydroxyl groups is 1. The van der Waals surface area contributed by atoms with Crippen molar-refractivity contribution >= 4 is 16.6 Å². The van der Waals surface area contributed by atoms with Crippen LogP contribution in [0.15, 0.2) is 95.9 Å². The summed E-state index contributed by atoms with van der Waals surface area (Å²) in [6, 6.07) is 26.4. The minimum absolute atomic E-state index is 0.175. The van der Waals surface area contributed by atoms with Gasteiger partial charge in [0.05, 0.1) is 16.6 Å². The fourth-order valence-electron chi connectivity index (χ4n) is 4.46. The first kappa shape index (κ1) is 19.9. The Balaban J connectivity index is 1.65. The molecule has 0 aliphatic rings. The van der Waals surface area contributed by atoms with Crippen molar-refractivity contribution in [1.29, 1.82) is 0 Å². The molecule has 0 aliphatic carbocycles. The van der Waals surface area contributed by atoms with Crippen LogP contribution in [0, 0.1) is 6.92 Å². The molecule has 6 nitrogen and oxygen atoms in total. The Kier molecular flexibility index (Phi) is 4.52. The molecule has 0 bridgehead atoms. The van der Waals surface area contributed by atoms with E-state index in [2.05, 4.69) is 9.97 Å². The lowest BCUT2D eigenvalue weighted by Crippen LogP contribution is -2.19. The molecular weight excluding hydrogens is 424 g/mol. The second-order valence-corrected chi connectivity index (χ2v) is 8.24. The minimum atomic E-state index is -0.198. The number of phenols is 1. The molecule has 3 aromatic carbocycles. The monoisotopic (exact) mass is 444 g/mol. The van der Waals surface area contributed by atoms with Crippen LogP contribution in [-0.4, -0.2) is 24.7 Å². The summed E-state index contributed by atoms with van der Waals surface area (Å²) in [6.45, 7) is 1.91. The molecule has 0 saturated heterocycles. The highest BCUT2D eigenvalue weighted by atomic mass is 16.3. The van der Waals surface area contributed by atoms with Crippen LogP contribution in [0.2, 0.25) is 0 Å². The van der Waals surface area contributed by atoms with Gasteiger partial charge in [-0.05, 0) is 60.5 Å². The molecule has 0 amide bonds. The number of nitrogens with zero attached hydrogens (tertiary/aromatic N) is 3. The zero-order chi connectivity index (χ0) is 23.2. The van der Waals surface area contributed by atoms with E-state index in [1.807, 2.05) is 67.6 Å². The van der Waals surface area contributed by atoms with Gasteiger partial charge in [0, 0.05) is 22.8 Å². The van der Waals surface area contributed by atoms with Crippen LogP contribution in [0.25, 0.3) is 50.1 Å². The molecule has 0 fully saturated rings. The standard InChI is InChI=1S/C28H20N4O2/c1-17-24(21-11-14-23-20(16-21)8-5-15-29-23)28(34)32-27(30-17)25(18-6-3-2-4-7-18)26(31-32)19-9-12-22(33)13-10-19/h2-16,30,33H,1H3. The first-order valence-electron chi connectivity index (χ1n) is 11.0. The number of aromatic amines is 1. The van der Waals surface area contributed by atoms with Crippen molar-refractivity contribution in [3.05, 3.63) is 107 Å². The molecule has 0 aliphatic heterocycles. The van der Waals surface area contributed by atoms with E-state index in [4.69, 9.17) is 5.10 Å².